The van der Waals surface area contributed by atoms with Crippen molar-refractivity contribution < 1.29 is 14.2 Å². The van der Waals surface area contributed by atoms with Gasteiger partial charge in [0.15, 0.2) is 11.5 Å². The van der Waals surface area contributed by atoms with Gasteiger partial charge >= 0.3 is 0 Å². The van der Waals surface area contributed by atoms with Crippen molar-refractivity contribution in [2.24, 2.45) is 0 Å². The second kappa shape index (κ2) is 6.86. The van der Waals surface area contributed by atoms with Crippen LogP contribution in [0.4, 0.5) is 0 Å². The van der Waals surface area contributed by atoms with E-state index in [1.54, 1.807) is 21.3 Å². The molecule has 0 aliphatic heterocycles. The molecule has 0 saturated carbocycles. The highest BCUT2D eigenvalue weighted by atomic mass is 16.5. The molecule has 1 aromatic carbocycles. The van der Waals surface area contributed by atoms with Crippen molar-refractivity contribution in [3.05, 3.63) is 46.8 Å². The van der Waals surface area contributed by atoms with E-state index in [-0.39, 0.29) is 0 Å². The summed E-state index contributed by atoms with van der Waals surface area (Å²) in [6, 6.07) is 7.57. The summed E-state index contributed by atoms with van der Waals surface area (Å²) in [5.41, 5.74) is 3.63. The van der Waals surface area contributed by atoms with Crippen molar-refractivity contribution in [2.75, 3.05) is 21.3 Å². The van der Waals surface area contributed by atoms with E-state index in [9.17, 15) is 0 Å². The molecule has 1 aromatic heterocycles. The highest BCUT2D eigenvalue weighted by molar-refractivity contribution is 5.58. The van der Waals surface area contributed by atoms with Gasteiger partial charge in [-0.1, -0.05) is 11.8 Å². The molecule has 0 amide bonds. The van der Waals surface area contributed by atoms with E-state index in [1.165, 1.54) is 0 Å². The number of methoxy groups -OCH3 is 3. The number of pyridine rings is 1. The molecule has 2 aromatic rings. The van der Waals surface area contributed by atoms with E-state index in [1.807, 2.05) is 38.1 Å². The topological polar surface area (TPSA) is 40.6 Å². The number of rotatable bonds is 3. The monoisotopic (exact) mass is 297 g/mol. The zero-order valence-corrected chi connectivity index (χ0v) is 13.5. The van der Waals surface area contributed by atoms with Gasteiger partial charge in [-0.3, -0.25) is 4.98 Å². The van der Waals surface area contributed by atoms with E-state index >= 15 is 0 Å². The number of aryl methyl sites for hydroxylation is 2. The molecule has 4 nitrogen and oxygen atoms in total. The lowest BCUT2D eigenvalue weighted by molar-refractivity contribution is 0.324. The predicted molar refractivity (Wildman–Crippen MR) is 85.8 cm³/mol. The van der Waals surface area contributed by atoms with Gasteiger partial charge in [-0.25, -0.2) is 0 Å². The fourth-order valence-electron chi connectivity index (χ4n) is 2.20. The standard InChI is InChI=1S/C18H19NO3/c1-12-8-14(9-13(2)19-12)6-7-15-10-16(20-3)18(22-5)17(11-15)21-4/h8-11H,1-5H3. The smallest absolute Gasteiger partial charge is 0.203 e. The molecule has 1 heterocycles. The predicted octanol–water partition coefficient (Wildman–Crippen LogP) is 3.12. The Hall–Kier alpha value is -2.67. The summed E-state index contributed by atoms with van der Waals surface area (Å²) in [5.74, 6) is 8.01. The van der Waals surface area contributed by atoms with E-state index in [0.717, 1.165) is 22.5 Å². The molecule has 0 spiro atoms. The first-order valence-corrected chi connectivity index (χ1v) is 6.84. The first-order valence-electron chi connectivity index (χ1n) is 6.84. The van der Waals surface area contributed by atoms with Crippen molar-refractivity contribution in [1.82, 2.24) is 4.98 Å². The summed E-state index contributed by atoms with van der Waals surface area (Å²) in [4.78, 5) is 4.34. The summed E-state index contributed by atoms with van der Waals surface area (Å²) >= 11 is 0. The molecule has 0 bridgehead atoms. The minimum absolute atomic E-state index is 0.561. The van der Waals surface area contributed by atoms with Gasteiger partial charge in [0.25, 0.3) is 0 Å². The van der Waals surface area contributed by atoms with Crippen LogP contribution in [-0.2, 0) is 0 Å². The third-order valence-electron chi connectivity index (χ3n) is 3.10. The summed E-state index contributed by atoms with van der Waals surface area (Å²) in [5, 5.41) is 0. The van der Waals surface area contributed by atoms with Gasteiger partial charge in [0, 0.05) is 22.5 Å². The molecule has 2 rings (SSSR count). The molecular formula is C18H19NO3. The number of aromatic nitrogens is 1. The van der Waals surface area contributed by atoms with Crippen LogP contribution in [0.2, 0.25) is 0 Å². The van der Waals surface area contributed by atoms with Crippen LogP contribution >= 0.6 is 0 Å². The maximum Gasteiger partial charge on any atom is 0.203 e. The van der Waals surface area contributed by atoms with Crippen molar-refractivity contribution in [3.8, 4) is 29.1 Å². The van der Waals surface area contributed by atoms with Crippen LogP contribution in [0.3, 0.4) is 0 Å². The van der Waals surface area contributed by atoms with Crippen molar-refractivity contribution in [3.63, 3.8) is 0 Å². The van der Waals surface area contributed by atoms with Crippen LogP contribution in [-0.4, -0.2) is 26.3 Å². The quantitative estimate of drug-likeness (QED) is 0.816. The number of benzene rings is 1. The highest BCUT2D eigenvalue weighted by Gasteiger charge is 2.12. The Bertz CT molecular complexity index is 696. The molecule has 0 radical (unpaired) electrons. The largest absolute Gasteiger partial charge is 0.493 e. The minimum atomic E-state index is 0.561. The molecule has 22 heavy (non-hydrogen) atoms. The van der Waals surface area contributed by atoms with Gasteiger partial charge in [0.05, 0.1) is 21.3 Å². The fraction of sp³-hybridized carbons (Fsp3) is 0.278. The molecule has 4 heteroatoms. The Morgan fingerprint density at radius 3 is 1.59 bits per heavy atom. The first kappa shape index (κ1) is 15.7. The molecule has 0 saturated heterocycles. The molecule has 0 fully saturated rings. The van der Waals surface area contributed by atoms with Crippen LogP contribution in [0.25, 0.3) is 0 Å². The third-order valence-corrected chi connectivity index (χ3v) is 3.10. The molecular weight excluding hydrogens is 278 g/mol. The van der Waals surface area contributed by atoms with E-state index in [0.29, 0.717) is 17.2 Å². The van der Waals surface area contributed by atoms with Crippen LogP contribution < -0.4 is 14.2 Å². The zero-order chi connectivity index (χ0) is 16.1. The lowest BCUT2D eigenvalue weighted by Gasteiger charge is -2.12. The molecule has 114 valence electrons. The third kappa shape index (κ3) is 3.50. The lowest BCUT2D eigenvalue weighted by atomic mass is 10.1. The summed E-state index contributed by atoms with van der Waals surface area (Å²) in [6.45, 7) is 3.91. The van der Waals surface area contributed by atoms with Crippen LogP contribution in [0.15, 0.2) is 24.3 Å². The molecule has 0 N–H and O–H groups in total. The number of ether oxygens (including phenoxy) is 3. The summed E-state index contributed by atoms with van der Waals surface area (Å²) < 4.78 is 16.0. The average molecular weight is 297 g/mol. The summed E-state index contributed by atoms with van der Waals surface area (Å²) in [7, 11) is 4.75. The normalized spacial score (nSPS) is 9.68. The van der Waals surface area contributed by atoms with Gasteiger partial charge in [0.1, 0.15) is 0 Å². The number of nitrogens with zero attached hydrogens (tertiary/aromatic N) is 1. The highest BCUT2D eigenvalue weighted by Crippen LogP contribution is 2.37. The van der Waals surface area contributed by atoms with E-state index in [2.05, 4.69) is 16.8 Å². The lowest BCUT2D eigenvalue weighted by Crippen LogP contribution is -1.95. The second-order valence-corrected chi connectivity index (χ2v) is 4.80. The van der Waals surface area contributed by atoms with Crippen LogP contribution in [0.5, 0.6) is 17.2 Å². The molecule has 0 aliphatic carbocycles. The molecule has 0 atom stereocenters. The summed E-state index contributed by atoms with van der Waals surface area (Å²) in [6.07, 6.45) is 0. The zero-order valence-electron chi connectivity index (χ0n) is 13.5. The van der Waals surface area contributed by atoms with Crippen LogP contribution in [0.1, 0.15) is 22.5 Å². The van der Waals surface area contributed by atoms with E-state index in [4.69, 9.17) is 14.2 Å². The molecule has 0 unspecified atom stereocenters. The second-order valence-electron chi connectivity index (χ2n) is 4.80. The van der Waals surface area contributed by atoms with Gasteiger partial charge in [-0.05, 0) is 38.1 Å². The Kier molecular flexibility index (Phi) is 4.90. The fourth-order valence-corrected chi connectivity index (χ4v) is 2.20. The Morgan fingerprint density at radius 1 is 0.727 bits per heavy atom. The van der Waals surface area contributed by atoms with Gasteiger partial charge < -0.3 is 14.2 Å². The van der Waals surface area contributed by atoms with Crippen molar-refractivity contribution in [2.45, 2.75) is 13.8 Å². The van der Waals surface area contributed by atoms with Crippen molar-refractivity contribution >= 4 is 0 Å². The number of hydrogen-bond acceptors (Lipinski definition) is 4. The van der Waals surface area contributed by atoms with Crippen LogP contribution in [0, 0.1) is 25.7 Å². The maximum absolute atomic E-state index is 5.33. The Morgan fingerprint density at radius 2 is 1.18 bits per heavy atom. The number of hydrogen-bond donors (Lipinski definition) is 0. The van der Waals surface area contributed by atoms with Gasteiger partial charge in [-0.15, -0.1) is 0 Å². The average Bonchev–Trinajstić information content (AvgIpc) is 2.50. The van der Waals surface area contributed by atoms with E-state index < -0.39 is 0 Å². The molecule has 0 aliphatic rings. The maximum atomic E-state index is 5.33. The minimum Gasteiger partial charge on any atom is -0.493 e. The first-order chi connectivity index (χ1) is 10.6. The Labute approximate surface area is 131 Å². The van der Waals surface area contributed by atoms with Gasteiger partial charge in [-0.2, -0.15) is 0 Å². The SMILES string of the molecule is COc1cc(C#Cc2cc(C)nc(C)c2)cc(OC)c1OC. The van der Waals surface area contributed by atoms with Crippen molar-refractivity contribution in [1.29, 1.82) is 0 Å². The Balaban J connectivity index is 2.44. The van der Waals surface area contributed by atoms with Gasteiger partial charge in [0.2, 0.25) is 5.75 Å².